The minimum absolute atomic E-state index is 0.141. The van der Waals surface area contributed by atoms with Crippen molar-refractivity contribution in [1.82, 2.24) is 4.90 Å². The van der Waals surface area contributed by atoms with E-state index in [2.05, 4.69) is 0 Å². The van der Waals surface area contributed by atoms with E-state index < -0.39 is 28.3 Å². The normalized spacial score (nSPS) is 21.8. The van der Waals surface area contributed by atoms with E-state index in [4.69, 9.17) is 9.47 Å². The lowest BCUT2D eigenvalue weighted by atomic mass is 9.85. The predicted molar refractivity (Wildman–Crippen MR) is 132 cm³/mol. The summed E-state index contributed by atoms with van der Waals surface area (Å²) in [6.07, 6.45) is -0.708. The molecule has 1 amide bonds. The molecule has 2 aliphatic heterocycles. The minimum Gasteiger partial charge on any atom is -0.443 e. The Morgan fingerprint density at radius 2 is 1.49 bits per heavy atom. The van der Waals surface area contributed by atoms with Crippen LogP contribution >= 0.6 is 11.8 Å². The summed E-state index contributed by atoms with van der Waals surface area (Å²) in [5, 5.41) is -0.457. The van der Waals surface area contributed by atoms with Crippen molar-refractivity contribution in [3.05, 3.63) is 82.6 Å². The van der Waals surface area contributed by atoms with E-state index in [1.165, 1.54) is 23.8 Å². The summed E-state index contributed by atoms with van der Waals surface area (Å²) in [6, 6.07) is 15.2. The maximum absolute atomic E-state index is 13.2. The highest BCUT2D eigenvalue weighted by atomic mass is 32.2. The number of hydrogen-bond acceptors (Lipinski definition) is 7. The van der Waals surface area contributed by atoms with Crippen molar-refractivity contribution in [1.29, 1.82) is 0 Å². The van der Waals surface area contributed by atoms with E-state index in [1.807, 2.05) is 6.07 Å². The highest BCUT2D eigenvalue weighted by molar-refractivity contribution is 8.00. The lowest BCUT2D eigenvalue weighted by molar-refractivity contribution is -0.160. The van der Waals surface area contributed by atoms with Crippen LogP contribution in [-0.4, -0.2) is 52.4 Å². The van der Waals surface area contributed by atoms with Gasteiger partial charge < -0.3 is 9.47 Å². The van der Waals surface area contributed by atoms with Gasteiger partial charge in [0.05, 0.1) is 11.3 Å². The monoisotopic (exact) mass is 493 g/mol. The maximum Gasteiger partial charge on any atom is 0.339 e. The molecule has 182 valence electrons. The zero-order valence-electron chi connectivity index (χ0n) is 20.2. The zero-order chi connectivity index (χ0) is 25.5. The summed E-state index contributed by atoms with van der Waals surface area (Å²) < 4.78 is 11.1. The average molecular weight is 494 g/mol. The number of rotatable bonds is 6. The Kier molecular flexibility index (Phi) is 6.71. The quantitative estimate of drug-likeness (QED) is 0.338. The topological polar surface area (TPSA) is 90.0 Å². The first-order chi connectivity index (χ1) is 16.5. The second-order valence-electron chi connectivity index (χ2n) is 9.51. The fourth-order valence-corrected chi connectivity index (χ4v) is 5.41. The fourth-order valence-electron chi connectivity index (χ4n) is 3.99. The lowest BCUT2D eigenvalue weighted by Gasteiger charge is -2.51. The van der Waals surface area contributed by atoms with Crippen LogP contribution in [0.15, 0.2) is 65.9 Å². The van der Waals surface area contributed by atoms with Crippen LogP contribution in [0.3, 0.4) is 0 Å². The number of carbonyl (C=O) groups is 4. The summed E-state index contributed by atoms with van der Waals surface area (Å²) in [6.45, 7) is 7.05. The van der Waals surface area contributed by atoms with Crippen LogP contribution in [0.25, 0.3) is 0 Å². The molecule has 2 heterocycles. The molecule has 0 N–H and O–H groups in total. The summed E-state index contributed by atoms with van der Waals surface area (Å²) in [5.41, 5.74) is 0.589. The number of hydrogen-bond donors (Lipinski definition) is 0. The number of nitrogens with zero attached hydrogens (tertiary/aromatic N) is 1. The van der Waals surface area contributed by atoms with Crippen LogP contribution in [-0.2, 0) is 19.1 Å². The second-order valence-corrected chi connectivity index (χ2v) is 10.7. The lowest BCUT2D eigenvalue weighted by Crippen LogP contribution is -2.66. The smallest absolute Gasteiger partial charge is 0.339 e. The summed E-state index contributed by atoms with van der Waals surface area (Å²) >= 11 is 1.26. The van der Waals surface area contributed by atoms with E-state index >= 15 is 0 Å². The Morgan fingerprint density at radius 1 is 0.914 bits per heavy atom. The molecule has 3 atom stereocenters. The van der Waals surface area contributed by atoms with Gasteiger partial charge >= 0.3 is 5.97 Å². The first kappa shape index (κ1) is 24.9. The Morgan fingerprint density at radius 3 is 2.06 bits per heavy atom. The van der Waals surface area contributed by atoms with Gasteiger partial charge in [-0.05, 0) is 19.1 Å². The molecular weight excluding hydrogens is 466 g/mol. The number of esters is 1. The Bertz CT molecular complexity index is 1210. The molecule has 1 saturated heterocycles. The third-order valence-corrected chi connectivity index (χ3v) is 7.44. The number of thioether (sulfide) groups is 1. The molecule has 2 aliphatic rings. The van der Waals surface area contributed by atoms with Gasteiger partial charge in [-0.1, -0.05) is 75.0 Å². The van der Waals surface area contributed by atoms with E-state index in [1.54, 1.807) is 76.2 Å². The number of ether oxygens (including phenoxy) is 2. The van der Waals surface area contributed by atoms with Crippen LogP contribution in [0.2, 0.25) is 0 Å². The third-order valence-electron chi connectivity index (χ3n) is 6.01. The highest BCUT2D eigenvalue weighted by Gasteiger charge is 2.56. The highest BCUT2D eigenvalue weighted by Crippen LogP contribution is 2.47. The van der Waals surface area contributed by atoms with Crippen molar-refractivity contribution in [3.8, 4) is 0 Å². The number of carbonyl (C=O) groups excluding carboxylic acids is 4. The van der Waals surface area contributed by atoms with Gasteiger partial charge in [0.25, 0.3) is 5.91 Å². The molecule has 0 spiro atoms. The Balaban J connectivity index is 1.57. The van der Waals surface area contributed by atoms with Gasteiger partial charge in [0.15, 0.2) is 23.1 Å². The molecule has 0 aliphatic carbocycles. The summed E-state index contributed by atoms with van der Waals surface area (Å²) in [5.74, 6) is -1.21. The van der Waals surface area contributed by atoms with Crippen LogP contribution in [0.5, 0.6) is 0 Å². The van der Waals surface area contributed by atoms with Gasteiger partial charge in [-0.3, -0.25) is 19.3 Å². The van der Waals surface area contributed by atoms with Crippen molar-refractivity contribution in [2.45, 2.75) is 44.6 Å². The van der Waals surface area contributed by atoms with Crippen molar-refractivity contribution in [3.63, 3.8) is 0 Å². The molecule has 0 bridgehead atoms. The van der Waals surface area contributed by atoms with Gasteiger partial charge in [0.2, 0.25) is 0 Å². The van der Waals surface area contributed by atoms with E-state index in [-0.39, 0.29) is 28.7 Å². The largest absolute Gasteiger partial charge is 0.443 e. The molecule has 0 saturated carbocycles. The maximum atomic E-state index is 13.2. The van der Waals surface area contributed by atoms with E-state index in [0.717, 1.165) is 0 Å². The molecule has 35 heavy (non-hydrogen) atoms. The molecule has 1 fully saturated rings. The summed E-state index contributed by atoms with van der Waals surface area (Å²) in [4.78, 5) is 52.9. The van der Waals surface area contributed by atoms with Crippen LogP contribution in [0, 0.1) is 5.41 Å². The average Bonchev–Trinajstić information content (AvgIpc) is 2.84. The Hall–Kier alpha value is -3.23. The molecule has 4 rings (SSSR count). The molecule has 2 aromatic carbocycles. The first-order valence-electron chi connectivity index (χ1n) is 11.2. The van der Waals surface area contributed by atoms with Crippen LogP contribution < -0.4 is 0 Å². The van der Waals surface area contributed by atoms with Crippen molar-refractivity contribution < 1.29 is 28.7 Å². The Labute approximate surface area is 208 Å². The molecule has 2 aromatic rings. The predicted octanol–water partition coefficient (Wildman–Crippen LogP) is 4.22. The molecule has 0 radical (unpaired) electrons. The number of fused-ring (bicyclic) bond motifs is 1. The second kappa shape index (κ2) is 9.43. The molecule has 8 heteroatoms. The number of methoxy groups -OCH3 is 1. The fraction of sp³-hybridized carbons (Fsp3) is 0.333. The van der Waals surface area contributed by atoms with Gasteiger partial charge in [0, 0.05) is 29.2 Å². The number of allylic oxidation sites excluding steroid dienone is 1. The number of Topliss-reactive ketones (excluding diaryl/α,β-unsaturated/α-hetero) is 1. The first-order valence-corrected chi connectivity index (χ1v) is 12.2. The van der Waals surface area contributed by atoms with Crippen molar-refractivity contribution in [2.75, 3.05) is 7.11 Å². The molecule has 0 aromatic heterocycles. The number of β-lactam (4-membered cyclic amide) rings is 1. The van der Waals surface area contributed by atoms with Crippen LogP contribution in [0.4, 0.5) is 0 Å². The van der Waals surface area contributed by atoms with Crippen LogP contribution in [0.1, 0.15) is 54.0 Å². The van der Waals surface area contributed by atoms with E-state index in [0.29, 0.717) is 16.7 Å². The number of ketones is 2. The minimum atomic E-state index is -0.763. The van der Waals surface area contributed by atoms with Gasteiger partial charge in [0.1, 0.15) is 5.37 Å². The van der Waals surface area contributed by atoms with Crippen molar-refractivity contribution >= 4 is 35.2 Å². The van der Waals surface area contributed by atoms with E-state index in [9.17, 15) is 19.2 Å². The SMILES string of the molecule is CO[C@H]1C(=O)N2C(C(=O)C(C)(C)C)=C(C)C(OC(=O)c3ccc(C(=O)c4ccccc4)cc3)S[C@H]12. The van der Waals surface area contributed by atoms with Gasteiger partial charge in [-0.25, -0.2) is 4.79 Å². The number of amides is 1. The molecule has 7 nitrogen and oxygen atoms in total. The third kappa shape index (κ3) is 4.56. The molecular formula is C27H27NO6S. The standard InChI is InChI=1S/C27H27NO6S/c1-15-19(22(30)27(2,3)4)28-23(31)21(33-5)24(28)35-26(15)34-25(32)18-13-11-17(12-14-18)20(29)16-9-7-6-8-10-16/h6-14,21,24,26H,1-5H3/t21-,24+,26?/m0/s1. The van der Waals surface area contributed by atoms with Gasteiger partial charge in [-0.15, -0.1) is 0 Å². The van der Waals surface area contributed by atoms with Crippen molar-refractivity contribution in [2.24, 2.45) is 5.41 Å². The zero-order valence-corrected chi connectivity index (χ0v) is 21.0. The molecule has 1 unspecified atom stereocenters. The number of benzene rings is 2. The van der Waals surface area contributed by atoms with Gasteiger partial charge in [-0.2, -0.15) is 0 Å². The summed E-state index contributed by atoms with van der Waals surface area (Å²) in [7, 11) is 1.44.